The summed E-state index contributed by atoms with van der Waals surface area (Å²) in [6, 6.07) is 3.76. The van der Waals surface area contributed by atoms with Crippen LogP contribution in [0.5, 0.6) is 0 Å². The number of fused-ring (bicyclic) bond motifs is 1. The number of carbonyl (C=O) groups is 1. The van der Waals surface area contributed by atoms with E-state index in [9.17, 15) is 4.79 Å². The van der Waals surface area contributed by atoms with Gasteiger partial charge >= 0.3 is 0 Å². The molecule has 2 atom stereocenters. The molecule has 1 aromatic heterocycles. The van der Waals surface area contributed by atoms with E-state index >= 15 is 0 Å². The lowest BCUT2D eigenvalue weighted by atomic mass is 9.85. The van der Waals surface area contributed by atoms with Gasteiger partial charge in [-0.25, -0.2) is 0 Å². The molecule has 0 spiro atoms. The van der Waals surface area contributed by atoms with Crippen LogP contribution in [0.4, 0.5) is 0 Å². The van der Waals surface area contributed by atoms with Gasteiger partial charge in [0.1, 0.15) is 5.76 Å². The Labute approximate surface area is 126 Å². The highest BCUT2D eigenvalue weighted by molar-refractivity contribution is 5.78. The third-order valence-corrected chi connectivity index (χ3v) is 5.24. The van der Waals surface area contributed by atoms with Crippen molar-refractivity contribution in [3.8, 4) is 0 Å². The monoisotopic (exact) mass is 291 g/mol. The van der Waals surface area contributed by atoms with Gasteiger partial charge in [-0.1, -0.05) is 0 Å². The van der Waals surface area contributed by atoms with Crippen molar-refractivity contribution in [3.05, 3.63) is 24.2 Å². The highest BCUT2D eigenvalue weighted by Gasteiger charge is 2.49. The van der Waals surface area contributed by atoms with Crippen LogP contribution in [-0.4, -0.2) is 54.5 Å². The van der Waals surface area contributed by atoms with Crippen molar-refractivity contribution >= 4 is 5.91 Å². The summed E-state index contributed by atoms with van der Waals surface area (Å²) in [5, 5.41) is 3.47. The van der Waals surface area contributed by atoms with Crippen molar-refractivity contribution < 1.29 is 9.21 Å². The van der Waals surface area contributed by atoms with Crippen molar-refractivity contribution in [2.75, 3.05) is 33.2 Å². The number of carbonyl (C=O) groups excluding carboxylic acids is 1. The SMILES string of the molecule is CN(Cc1ccco1)C(=O)CN1CC2CNCC2C1(C)C. The number of hydrogen-bond acceptors (Lipinski definition) is 4. The highest BCUT2D eigenvalue weighted by atomic mass is 16.3. The van der Waals surface area contributed by atoms with Crippen molar-refractivity contribution in [1.82, 2.24) is 15.1 Å². The normalized spacial score (nSPS) is 27.8. The van der Waals surface area contributed by atoms with Crippen molar-refractivity contribution in [2.24, 2.45) is 11.8 Å². The molecule has 1 aromatic rings. The van der Waals surface area contributed by atoms with Crippen LogP contribution in [0.1, 0.15) is 19.6 Å². The van der Waals surface area contributed by atoms with Gasteiger partial charge in [0, 0.05) is 25.7 Å². The van der Waals surface area contributed by atoms with Gasteiger partial charge < -0.3 is 14.6 Å². The fraction of sp³-hybridized carbons (Fsp3) is 0.688. The van der Waals surface area contributed by atoms with Gasteiger partial charge in [0.05, 0.1) is 19.4 Å². The summed E-state index contributed by atoms with van der Waals surface area (Å²) in [7, 11) is 1.84. The number of nitrogens with zero attached hydrogens (tertiary/aromatic N) is 2. The molecule has 2 aliphatic rings. The lowest BCUT2D eigenvalue weighted by Crippen LogP contribution is -2.48. The fourth-order valence-corrected chi connectivity index (χ4v) is 3.78. The Morgan fingerprint density at radius 1 is 1.52 bits per heavy atom. The Morgan fingerprint density at radius 3 is 3.00 bits per heavy atom. The number of rotatable bonds is 4. The molecule has 3 rings (SSSR count). The molecule has 21 heavy (non-hydrogen) atoms. The number of hydrogen-bond donors (Lipinski definition) is 1. The molecule has 5 nitrogen and oxygen atoms in total. The van der Waals surface area contributed by atoms with Crippen LogP contribution in [0, 0.1) is 11.8 Å². The average Bonchev–Trinajstić information content (AvgIpc) is 3.11. The molecule has 2 unspecified atom stereocenters. The number of likely N-dealkylation sites (tertiary alicyclic amines) is 1. The van der Waals surface area contributed by atoms with E-state index in [0.717, 1.165) is 25.4 Å². The number of furan rings is 1. The van der Waals surface area contributed by atoms with E-state index in [1.165, 1.54) is 0 Å². The van der Waals surface area contributed by atoms with E-state index in [2.05, 4.69) is 24.1 Å². The topological polar surface area (TPSA) is 48.7 Å². The molecule has 1 amide bonds. The first kappa shape index (κ1) is 14.6. The second-order valence-corrected chi connectivity index (χ2v) is 6.89. The van der Waals surface area contributed by atoms with E-state index in [1.807, 2.05) is 19.2 Å². The third kappa shape index (κ3) is 2.72. The summed E-state index contributed by atoms with van der Waals surface area (Å²) in [6.45, 7) is 8.75. The lowest BCUT2D eigenvalue weighted by Gasteiger charge is -2.36. The van der Waals surface area contributed by atoms with E-state index in [0.29, 0.717) is 24.9 Å². The zero-order valence-corrected chi connectivity index (χ0v) is 13.1. The predicted molar refractivity (Wildman–Crippen MR) is 80.7 cm³/mol. The third-order valence-electron chi connectivity index (χ3n) is 5.24. The molecule has 2 aliphatic heterocycles. The maximum atomic E-state index is 12.5. The average molecular weight is 291 g/mol. The molecule has 3 heterocycles. The van der Waals surface area contributed by atoms with Gasteiger partial charge in [-0.2, -0.15) is 0 Å². The van der Waals surface area contributed by atoms with E-state index in [-0.39, 0.29) is 11.4 Å². The second-order valence-electron chi connectivity index (χ2n) is 6.89. The molecule has 0 radical (unpaired) electrons. The highest BCUT2D eigenvalue weighted by Crippen LogP contribution is 2.40. The Bertz CT molecular complexity index is 498. The zero-order valence-electron chi connectivity index (χ0n) is 13.1. The molecule has 116 valence electrons. The van der Waals surface area contributed by atoms with Crippen LogP contribution in [0.25, 0.3) is 0 Å². The van der Waals surface area contributed by atoms with Crippen molar-refractivity contribution in [3.63, 3.8) is 0 Å². The maximum absolute atomic E-state index is 12.5. The van der Waals surface area contributed by atoms with Gasteiger partial charge in [0.15, 0.2) is 0 Å². The van der Waals surface area contributed by atoms with Crippen LogP contribution in [0.2, 0.25) is 0 Å². The summed E-state index contributed by atoms with van der Waals surface area (Å²) < 4.78 is 5.31. The summed E-state index contributed by atoms with van der Waals surface area (Å²) in [6.07, 6.45) is 1.64. The Morgan fingerprint density at radius 2 is 2.33 bits per heavy atom. The smallest absolute Gasteiger partial charge is 0.236 e. The minimum atomic E-state index is 0.0926. The standard InChI is InChI=1S/C16H25N3O2/c1-16(2)14-8-17-7-12(14)9-19(16)11-15(20)18(3)10-13-5-4-6-21-13/h4-6,12,14,17H,7-11H2,1-3H3. The van der Waals surface area contributed by atoms with Crippen molar-refractivity contribution in [2.45, 2.75) is 25.9 Å². The minimum absolute atomic E-state index is 0.0926. The number of nitrogens with one attached hydrogen (secondary N) is 1. The van der Waals surface area contributed by atoms with Gasteiger partial charge in [-0.15, -0.1) is 0 Å². The van der Waals surface area contributed by atoms with E-state index in [1.54, 1.807) is 11.2 Å². The lowest BCUT2D eigenvalue weighted by molar-refractivity contribution is -0.133. The van der Waals surface area contributed by atoms with Gasteiger partial charge in [0.2, 0.25) is 5.91 Å². The quantitative estimate of drug-likeness (QED) is 0.904. The maximum Gasteiger partial charge on any atom is 0.236 e. The van der Waals surface area contributed by atoms with E-state index in [4.69, 9.17) is 4.42 Å². The first-order valence-electron chi connectivity index (χ1n) is 7.70. The largest absolute Gasteiger partial charge is 0.467 e. The molecule has 0 aliphatic carbocycles. The molecule has 0 saturated carbocycles. The fourth-order valence-electron chi connectivity index (χ4n) is 3.78. The molecule has 0 bridgehead atoms. The summed E-state index contributed by atoms with van der Waals surface area (Å²) in [4.78, 5) is 16.6. The Balaban J connectivity index is 1.60. The molecule has 0 aromatic carbocycles. The summed E-state index contributed by atoms with van der Waals surface area (Å²) in [5.41, 5.74) is 0.0926. The molecule has 1 N–H and O–H groups in total. The van der Waals surface area contributed by atoms with Gasteiger partial charge in [-0.3, -0.25) is 9.69 Å². The first-order chi connectivity index (χ1) is 9.98. The van der Waals surface area contributed by atoms with Crippen LogP contribution in [-0.2, 0) is 11.3 Å². The van der Waals surface area contributed by atoms with Crippen molar-refractivity contribution in [1.29, 1.82) is 0 Å². The predicted octanol–water partition coefficient (Wildman–Crippen LogP) is 1.17. The Kier molecular flexibility index (Phi) is 3.80. The molecule has 2 fully saturated rings. The zero-order chi connectivity index (χ0) is 15.0. The van der Waals surface area contributed by atoms with Crippen LogP contribution in [0.3, 0.4) is 0 Å². The van der Waals surface area contributed by atoms with Crippen LogP contribution < -0.4 is 5.32 Å². The molecule has 2 saturated heterocycles. The van der Waals surface area contributed by atoms with Crippen LogP contribution >= 0.6 is 0 Å². The number of likely N-dealkylation sites (N-methyl/N-ethyl adjacent to an activating group) is 1. The second kappa shape index (κ2) is 5.46. The Hall–Kier alpha value is -1.33. The number of amides is 1. The molecule has 5 heteroatoms. The summed E-state index contributed by atoms with van der Waals surface area (Å²) in [5.74, 6) is 2.32. The minimum Gasteiger partial charge on any atom is -0.467 e. The molecular weight excluding hydrogens is 266 g/mol. The van der Waals surface area contributed by atoms with Crippen LogP contribution in [0.15, 0.2) is 22.8 Å². The molecular formula is C16H25N3O2. The van der Waals surface area contributed by atoms with E-state index < -0.39 is 0 Å². The first-order valence-corrected chi connectivity index (χ1v) is 7.70. The van der Waals surface area contributed by atoms with Gasteiger partial charge in [0.25, 0.3) is 0 Å². The summed E-state index contributed by atoms with van der Waals surface area (Å²) >= 11 is 0. The van der Waals surface area contributed by atoms with Gasteiger partial charge in [-0.05, 0) is 44.4 Å².